The van der Waals surface area contributed by atoms with Crippen LogP contribution in [0.3, 0.4) is 0 Å². The predicted octanol–water partition coefficient (Wildman–Crippen LogP) is 2.76. The molecular weight excluding hydrogens is 304 g/mol. The molecule has 4 rings (SSSR count). The summed E-state index contributed by atoms with van der Waals surface area (Å²) in [4.78, 5) is 20.9. The summed E-state index contributed by atoms with van der Waals surface area (Å²) in [5.74, 6) is 2.34. The van der Waals surface area contributed by atoms with Crippen molar-refractivity contribution < 1.29 is 9.53 Å². The van der Waals surface area contributed by atoms with Crippen molar-refractivity contribution in [2.75, 3.05) is 11.9 Å². The molecule has 24 heavy (non-hydrogen) atoms. The molecule has 1 aliphatic heterocycles. The maximum absolute atomic E-state index is 12.4. The molecule has 0 atom stereocenters. The van der Waals surface area contributed by atoms with Crippen LogP contribution in [0.15, 0.2) is 48.9 Å². The van der Waals surface area contributed by atoms with Gasteiger partial charge < -0.3 is 10.1 Å². The van der Waals surface area contributed by atoms with Crippen LogP contribution in [0.5, 0.6) is 5.75 Å². The number of ether oxygens (including phenoxy) is 1. The van der Waals surface area contributed by atoms with E-state index in [0.717, 1.165) is 29.4 Å². The summed E-state index contributed by atoms with van der Waals surface area (Å²) in [5.41, 5.74) is 2.35. The molecule has 0 spiro atoms. The van der Waals surface area contributed by atoms with E-state index in [1.165, 1.54) is 0 Å². The fourth-order valence-electron chi connectivity index (χ4n) is 2.75. The zero-order chi connectivity index (χ0) is 16.5. The molecule has 1 N–H and O–H groups in total. The Morgan fingerprint density at radius 1 is 1.25 bits per heavy atom. The normalized spacial score (nSPS) is 12.5. The minimum absolute atomic E-state index is 0.155. The van der Waals surface area contributed by atoms with Gasteiger partial charge in [-0.3, -0.25) is 9.36 Å². The van der Waals surface area contributed by atoms with Crippen LogP contribution in [0.4, 0.5) is 5.69 Å². The highest BCUT2D eigenvalue weighted by Gasteiger charge is 2.15. The van der Waals surface area contributed by atoms with Crippen molar-refractivity contribution >= 4 is 11.6 Å². The van der Waals surface area contributed by atoms with E-state index in [4.69, 9.17) is 4.74 Å². The zero-order valence-electron chi connectivity index (χ0n) is 13.2. The van der Waals surface area contributed by atoms with Gasteiger partial charge >= 0.3 is 0 Å². The minimum atomic E-state index is -0.155. The van der Waals surface area contributed by atoms with Crippen molar-refractivity contribution in [2.24, 2.45) is 0 Å². The molecule has 0 saturated carbocycles. The Labute approximate surface area is 139 Å². The van der Waals surface area contributed by atoms with Gasteiger partial charge in [-0.05, 0) is 42.8 Å². The molecule has 1 amide bonds. The number of carbonyl (C=O) groups is 1. The van der Waals surface area contributed by atoms with Crippen LogP contribution in [-0.4, -0.2) is 27.0 Å². The molecule has 6 nitrogen and oxygen atoms in total. The van der Waals surface area contributed by atoms with Gasteiger partial charge in [-0.25, -0.2) is 9.97 Å². The number of carbonyl (C=O) groups excluding carboxylic acids is 1. The van der Waals surface area contributed by atoms with Gasteiger partial charge in [0, 0.05) is 24.4 Å². The molecule has 3 aromatic rings. The molecule has 0 fully saturated rings. The lowest BCUT2D eigenvalue weighted by Crippen LogP contribution is -2.12. The van der Waals surface area contributed by atoms with Crippen molar-refractivity contribution in [2.45, 2.75) is 13.3 Å². The number of anilines is 1. The number of hydrogen-bond acceptors (Lipinski definition) is 4. The Morgan fingerprint density at radius 2 is 2.17 bits per heavy atom. The first-order chi connectivity index (χ1) is 11.7. The van der Waals surface area contributed by atoms with E-state index in [1.807, 2.05) is 42.0 Å². The van der Waals surface area contributed by atoms with E-state index in [-0.39, 0.29) is 5.91 Å². The number of pyridine rings is 1. The van der Waals surface area contributed by atoms with Crippen molar-refractivity contribution in [1.29, 1.82) is 0 Å². The molecule has 3 heterocycles. The molecule has 0 saturated heterocycles. The van der Waals surface area contributed by atoms with E-state index >= 15 is 0 Å². The Bertz CT molecular complexity index is 900. The van der Waals surface area contributed by atoms with Crippen LogP contribution in [0.2, 0.25) is 0 Å². The third-order valence-electron chi connectivity index (χ3n) is 4.03. The fraction of sp³-hybridized carbons (Fsp3) is 0.167. The lowest BCUT2D eigenvalue weighted by atomic mass is 10.1. The Balaban J connectivity index is 1.51. The summed E-state index contributed by atoms with van der Waals surface area (Å²) in [7, 11) is 0. The fourth-order valence-corrected chi connectivity index (χ4v) is 2.75. The highest BCUT2D eigenvalue weighted by molar-refractivity contribution is 6.04. The average molecular weight is 320 g/mol. The van der Waals surface area contributed by atoms with Crippen LogP contribution in [0, 0.1) is 6.92 Å². The average Bonchev–Trinajstić information content (AvgIpc) is 3.23. The molecule has 0 unspecified atom stereocenters. The number of rotatable bonds is 3. The van der Waals surface area contributed by atoms with Crippen molar-refractivity contribution in [3.05, 3.63) is 65.9 Å². The van der Waals surface area contributed by atoms with Gasteiger partial charge in [0.1, 0.15) is 17.4 Å². The van der Waals surface area contributed by atoms with Crippen LogP contribution in [0.1, 0.15) is 21.7 Å². The topological polar surface area (TPSA) is 69.0 Å². The second kappa shape index (κ2) is 5.81. The predicted molar refractivity (Wildman–Crippen MR) is 89.7 cm³/mol. The van der Waals surface area contributed by atoms with Crippen molar-refractivity contribution in [1.82, 2.24) is 14.5 Å². The number of benzene rings is 1. The van der Waals surface area contributed by atoms with Crippen LogP contribution in [0.25, 0.3) is 5.82 Å². The van der Waals surface area contributed by atoms with E-state index in [1.54, 1.807) is 18.5 Å². The SMILES string of the molecule is Cc1nccn1-c1ccc(NC(=O)c2ccc3c(c2)CCO3)cn1. The van der Waals surface area contributed by atoms with E-state index in [0.29, 0.717) is 17.9 Å². The van der Waals surface area contributed by atoms with Crippen molar-refractivity contribution in [3.63, 3.8) is 0 Å². The number of nitrogens with one attached hydrogen (secondary N) is 1. The van der Waals surface area contributed by atoms with Crippen LogP contribution >= 0.6 is 0 Å². The van der Waals surface area contributed by atoms with Gasteiger partial charge in [0.2, 0.25) is 0 Å². The van der Waals surface area contributed by atoms with E-state index < -0.39 is 0 Å². The van der Waals surface area contributed by atoms with Crippen LogP contribution in [-0.2, 0) is 6.42 Å². The van der Waals surface area contributed by atoms with Gasteiger partial charge in [0.05, 0.1) is 18.5 Å². The monoisotopic (exact) mass is 320 g/mol. The molecular formula is C18H16N4O2. The second-order valence-corrected chi connectivity index (χ2v) is 5.62. The zero-order valence-corrected chi connectivity index (χ0v) is 13.2. The maximum atomic E-state index is 12.4. The number of imidazole rings is 1. The highest BCUT2D eigenvalue weighted by atomic mass is 16.5. The number of aromatic nitrogens is 3. The Kier molecular flexibility index (Phi) is 3.49. The smallest absolute Gasteiger partial charge is 0.255 e. The minimum Gasteiger partial charge on any atom is -0.493 e. The third kappa shape index (κ3) is 2.62. The van der Waals surface area contributed by atoms with Gasteiger partial charge in [-0.1, -0.05) is 0 Å². The second-order valence-electron chi connectivity index (χ2n) is 5.62. The largest absolute Gasteiger partial charge is 0.493 e. The molecule has 2 aromatic heterocycles. The van der Waals surface area contributed by atoms with Crippen molar-refractivity contribution in [3.8, 4) is 11.6 Å². The first-order valence-electron chi connectivity index (χ1n) is 7.74. The number of hydrogen-bond donors (Lipinski definition) is 1. The first kappa shape index (κ1) is 14.4. The number of nitrogens with zero attached hydrogens (tertiary/aromatic N) is 3. The maximum Gasteiger partial charge on any atom is 0.255 e. The summed E-state index contributed by atoms with van der Waals surface area (Å²) in [5, 5.41) is 2.87. The highest BCUT2D eigenvalue weighted by Crippen LogP contribution is 2.26. The lowest BCUT2D eigenvalue weighted by molar-refractivity contribution is 0.102. The number of amides is 1. The summed E-state index contributed by atoms with van der Waals surface area (Å²) < 4.78 is 7.34. The first-order valence-corrected chi connectivity index (χ1v) is 7.74. The standard InChI is InChI=1S/C18H16N4O2/c1-12-19-7-8-22(12)17-5-3-15(11-20-17)21-18(23)14-2-4-16-13(10-14)6-9-24-16/h2-5,7-8,10-11H,6,9H2,1H3,(H,21,23). The summed E-state index contributed by atoms with van der Waals surface area (Å²) in [6, 6.07) is 9.18. The van der Waals surface area contributed by atoms with E-state index in [9.17, 15) is 4.79 Å². The van der Waals surface area contributed by atoms with E-state index in [2.05, 4.69) is 15.3 Å². The van der Waals surface area contributed by atoms with Crippen LogP contribution < -0.4 is 10.1 Å². The molecule has 0 bridgehead atoms. The summed E-state index contributed by atoms with van der Waals surface area (Å²) in [6.07, 6.45) is 6.06. The summed E-state index contributed by atoms with van der Waals surface area (Å²) in [6.45, 7) is 2.59. The quantitative estimate of drug-likeness (QED) is 0.805. The Hall–Kier alpha value is -3.15. The van der Waals surface area contributed by atoms with Gasteiger partial charge in [0.25, 0.3) is 5.91 Å². The lowest BCUT2D eigenvalue weighted by Gasteiger charge is -2.08. The number of fused-ring (bicyclic) bond motifs is 1. The molecule has 1 aromatic carbocycles. The molecule has 0 radical (unpaired) electrons. The van der Waals surface area contributed by atoms with Gasteiger partial charge in [-0.15, -0.1) is 0 Å². The van der Waals surface area contributed by atoms with Gasteiger partial charge in [0.15, 0.2) is 0 Å². The Morgan fingerprint density at radius 3 is 2.92 bits per heavy atom. The molecule has 6 heteroatoms. The third-order valence-corrected chi connectivity index (χ3v) is 4.03. The molecule has 1 aliphatic rings. The number of aryl methyl sites for hydroxylation is 1. The summed E-state index contributed by atoms with van der Waals surface area (Å²) >= 11 is 0. The molecule has 120 valence electrons. The molecule has 0 aliphatic carbocycles. The van der Waals surface area contributed by atoms with Gasteiger partial charge in [-0.2, -0.15) is 0 Å².